The van der Waals surface area contributed by atoms with Crippen LogP contribution in [0.3, 0.4) is 0 Å². The molecular formula is C15H25NS. The Labute approximate surface area is 109 Å². The predicted molar refractivity (Wildman–Crippen MR) is 74.3 cm³/mol. The quantitative estimate of drug-likeness (QED) is 0.809. The first-order chi connectivity index (χ1) is 8.38. The Kier molecular flexibility index (Phi) is 2.92. The molecule has 0 amide bonds. The zero-order valence-electron chi connectivity index (χ0n) is 10.7. The average Bonchev–Trinajstić information content (AvgIpc) is 2.34. The van der Waals surface area contributed by atoms with Crippen LogP contribution in [0, 0.1) is 29.6 Å². The van der Waals surface area contributed by atoms with E-state index < -0.39 is 0 Å². The van der Waals surface area contributed by atoms with Crippen LogP contribution in [-0.2, 0) is 0 Å². The highest BCUT2D eigenvalue weighted by Gasteiger charge is 2.48. The fourth-order valence-electron chi connectivity index (χ4n) is 5.50. The summed E-state index contributed by atoms with van der Waals surface area (Å²) in [5.74, 6) is 7.01. The van der Waals surface area contributed by atoms with E-state index in [0.29, 0.717) is 0 Å². The Bertz CT molecular complexity index is 257. The third kappa shape index (κ3) is 2.06. The molecule has 1 atom stereocenters. The Hall–Kier alpha value is 0.310. The SMILES string of the molecule is C1CSC(CC2C3CC4CC(C3)CC2C4)CN1. The second-order valence-corrected chi connectivity index (χ2v) is 8.44. The lowest BCUT2D eigenvalue weighted by atomic mass is 9.51. The molecule has 1 unspecified atom stereocenters. The minimum absolute atomic E-state index is 0.936. The molecule has 0 aromatic carbocycles. The molecule has 0 spiro atoms. The van der Waals surface area contributed by atoms with Crippen LogP contribution in [0.15, 0.2) is 0 Å². The molecule has 5 fully saturated rings. The number of nitrogens with one attached hydrogen (secondary N) is 1. The van der Waals surface area contributed by atoms with Gasteiger partial charge in [0, 0.05) is 24.1 Å². The van der Waals surface area contributed by atoms with E-state index in [4.69, 9.17) is 0 Å². The molecule has 0 aromatic heterocycles. The zero-order valence-corrected chi connectivity index (χ0v) is 11.6. The summed E-state index contributed by atoms with van der Waals surface area (Å²) in [5.41, 5.74) is 0. The molecule has 2 heteroatoms. The predicted octanol–water partition coefficient (Wildman–Crippen LogP) is 3.15. The van der Waals surface area contributed by atoms with Gasteiger partial charge in [-0.2, -0.15) is 11.8 Å². The van der Waals surface area contributed by atoms with Gasteiger partial charge in [-0.25, -0.2) is 0 Å². The molecule has 0 aromatic rings. The van der Waals surface area contributed by atoms with E-state index in [2.05, 4.69) is 17.1 Å². The maximum absolute atomic E-state index is 3.59. The van der Waals surface area contributed by atoms with Crippen LogP contribution in [0.2, 0.25) is 0 Å². The van der Waals surface area contributed by atoms with Gasteiger partial charge < -0.3 is 5.32 Å². The minimum Gasteiger partial charge on any atom is -0.315 e. The number of hydrogen-bond acceptors (Lipinski definition) is 2. The smallest absolute Gasteiger partial charge is 0.0175 e. The normalized spacial score (nSPS) is 52.9. The molecule has 1 aliphatic heterocycles. The molecule has 5 rings (SSSR count). The topological polar surface area (TPSA) is 12.0 Å². The van der Waals surface area contributed by atoms with Crippen LogP contribution in [0.4, 0.5) is 0 Å². The van der Waals surface area contributed by atoms with Crippen molar-refractivity contribution in [2.45, 2.75) is 43.8 Å². The summed E-state index contributed by atoms with van der Waals surface area (Å²) in [5, 5.41) is 4.52. The van der Waals surface area contributed by atoms with Crippen molar-refractivity contribution in [2.24, 2.45) is 29.6 Å². The Balaban J connectivity index is 1.43. The first kappa shape index (κ1) is 11.2. The number of hydrogen-bond donors (Lipinski definition) is 1. The van der Waals surface area contributed by atoms with Gasteiger partial charge in [0.2, 0.25) is 0 Å². The van der Waals surface area contributed by atoms with E-state index in [1.165, 1.54) is 25.3 Å². The summed E-state index contributed by atoms with van der Waals surface area (Å²) < 4.78 is 0. The second kappa shape index (κ2) is 4.45. The van der Waals surface area contributed by atoms with E-state index in [1.54, 1.807) is 32.1 Å². The highest BCUT2D eigenvalue weighted by atomic mass is 32.2. The zero-order chi connectivity index (χ0) is 11.2. The Morgan fingerprint density at radius 3 is 2.24 bits per heavy atom. The molecular weight excluding hydrogens is 226 g/mol. The monoisotopic (exact) mass is 251 g/mol. The van der Waals surface area contributed by atoms with E-state index in [-0.39, 0.29) is 0 Å². The molecule has 96 valence electrons. The van der Waals surface area contributed by atoms with Gasteiger partial charge in [-0.15, -0.1) is 0 Å². The molecule has 1 saturated heterocycles. The highest BCUT2D eigenvalue weighted by molar-refractivity contribution is 8.00. The molecule has 4 saturated carbocycles. The average molecular weight is 251 g/mol. The van der Waals surface area contributed by atoms with Gasteiger partial charge in [-0.05, 0) is 68.1 Å². The molecule has 17 heavy (non-hydrogen) atoms. The summed E-state index contributed by atoms with van der Waals surface area (Å²) in [6.07, 6.45) is 9.53. The van der Waals surface area contributed by atoms with Crippen molar-refractivity contribution < 1.29 is 0 Å². The summed E-state index contributed by atoms with van der Waals surface area (Å²) in [4.78, 5) is 0. The van der Waals surface area contributed by atoms with Crippen LogP contribution in [0.5, 0.6) is 0 Å². The Morgan fingerprint density at radius 2 is 1.65 bits per heavy atom. The van der Waals surface area contributed by atoms with Crippen molar-refractivity contribution in [3.63, 3.8) is 0 Å². The van der Waals surface area contributed by atoms with E-state index in [0.717, 1.165) is 34.8 Å². The van der Waals surface area contributed by atoms with Gasteiger partial charge in [-0.3, -0.25) is 0 Å². The number of thioether (sulfide) groups is 1. The van der Waals surface area contributed by atoms with Crippen molar-refractivity contribution in [1.82, 2.24) is 5.32 Å². The fourth-order valence-corrected chi connectivity index (χ4v) is 6.69. The van der Waals surface area contributed by atoms with Crippen molar-refractivity contribution in [3.8, 4) is 0 Å². The largest absolute Gasteiger partial charge is 0.315 e. The van der Waals surface area contributed by atoms with E-state index in [1.807, 2.05) is 0 Å². The van der Waals surface area contributed by atoms with Crippen molar-refractivity contribution in [3.05, 3.63) is 0 Å². The van der Waals surface area contributed by atoms with Gasteiger partial charge in [0.15, 0.2) is 0 Å². The van der Waals surface area contributed by atoms with Crippen LogP contribution in [0.1, 0.15) is 38.5 Å². The molecule has 0 radical (unpaired) electrons. The van der Waals surface area contributed by atoms with Gasteiger partial charge in [0.25, 0.3) is 0 Å². The molecule has 1 heterocycles. The van der Waals surface area contributed by atoms with Crippen LogP contribution >= 0.6 is 11.8 Å². The maximum Gasteiger partial charge on any atom is 0.0175 e. The Morgan fingerprint density at radius 1 is 0.941 bits per heavy atom. The van der Waals surface area contributed by atoms with Gasteiger partial charge in [-0.1, -0.05) is 0 Å². The molecule has 4 aliphatic carbocycles. The van der Waals surface area contributed by atoms with Crippen LogP contribution in [-0.4, -0.2) is 24.1 Å². The fraction of sp³-hybridized carbons (Fsp3) is 1.00. The standard InChI is InChI=1S/C15H25NS/c1-2-17-14(9-16-1)8-15-12-4-10-3-11(6-12)7-13(15)5-10/h10-16H,1-9H2. The van der Waals surface area contributed by atoms with Crippen LogP contribution < -0.4 is 5.32 Å². The maximum atomic E-state index is 3.59. The lowest BCUT2D eigenvalue weighted by Crippen LogP contribution is -2.47. The minimum atomic E-state index is 0.936. The first-order valence-corrected chi connectivity index (χ1v) is 8.75. The van der Waals surface area contributed by atoms with Crippen molar-refractivity contribution >= 4 is 11.8 Å². The van der Waals surface area contributed by atoms with Gasteiger partial charge in [0.1, 0.15) is 0 Å². The summed E-state index contributed by atoms with van der Waals surface area (Å²) in [7, 11) is 0. The molecule has 5 aliphatic rings. The van der Waals surface area contributed by atoms with E-state index in [9.17, 15) is 0 Å². The van der Waals surface area contributed by atoms with Gasteiger partial charge >= 0.3 is 0 Å². The van der Waals surface area contributed by atoms with Gasteiger partial charge in [0.05, 0.1) is 0 Å². The highest BCUT2D eigenvalue weighted by Crippen LogP contribution is 2.57. The first-order valence-electron chi connectivity index (χ1n) is 7.71. The summed E-state index contributed by atoms with van der Waals surface area (Å²) in [6, 6.07) is 0. The second-order valence-electron chi connectivity index (χ2n) is 7.03. The third-order valence-electron chi connectivity index (χ3n) is 5.96. The van der Waals surface area contributed by atoms with E-state index >= 15 is 0 Å². The third-order valence-corrected chi connectivity index (χ3v) is 7.23. The van der Waals surface area contributed by atoms with Crippen molar-refractivity contribution in [2.75, 3.05) is 18.8 Å². The van der Waals surface area contributed by atoms with Crippen LogP contribution in [0.25, 0.3) is 0 Å². The van der Waals surface area contributed by atoms with Crippen molar-refractivity contribution in [1.29, 1.82) is 0 Å². The summed E-state index contributed by atoms with van der Waals surface area (Å²) in [6.45, 7) is 2.52. The molecule has 1 N–H and O–H groups in total. The molecule has 1 nitrogen and oxygen atoms in total. The summed E-state index contributed by atoms with van der Waals surface area (Å²) >= 11 is 2.25. The lowest BCUT2D eigenvalue weighted by molar-refractivity contribution is -0.0396. The lowest BCUT2D eigenvalue weighted by Gasteiger charge is -2.55. The number of rotatable bonds is 2. The molecule has 4 bridgehead atoms.